The molecule has 0 atom stereocenters. The lowest BCUT2D eigenvalue weighted by Crippen LogP contribution is -2.26. The second kappa shape index (κ2) is 5.13. The largest absolute Gasteiger partial charge is 0.397 e. The standard InChI is InChI=1S/C9H16N4O2S/c1-7-8(10)3-4-9(13-7)12-5-6-16(14,15)11-2/h3-4,11H,5-6,10H2,1-2H3,(H,12,13). The molecule has 6 nitrogen and oxygen atoms in total. The van der Waals surface area contributed by atoms with E-state index in [0.717, 1.165) is 5.69 Å². The molecule has 0 aliphatic carbocycles. The Kier molecular flexibility index (Phi) is 4.08. The van der Waals surface area contributed by atoms with E-state index in [1.165, 1.54) is 7.05 Å². The quantitative estimate of drug-likeness (QED) is 0.674. The smallest absolute Gasteiger partial charge is 0.213 e. The van der Waals surface area contributed by atoms with E-state index >= 15 is 0 Å². The number of nitrogens with two attached hydrogens (primary N) is 1. The lowest BCUT2D eigenvalue weighted by molar-refractivity contribution is 0.588. The number of hydrogen-bond donors (Lipinski definition) is 3. The predicted octanol–water partition coefficient (Wildman–Crippen LogP) is -0.0667. The zero-order valence-electron chi connectivity index (χ0n) is 9.32. The van der Waals surface area contributed by atoms with Gasteiger partial charge in [0.05, 0.1) is 17.1 Å². The Morgan fingerprint density at radius 1 is 1.44 bits per heavy atom. The number of nitrogens with one attached hydrogen (secondary N) is 2. The fraction of sp³-hybridized carbons (Fsp3) is 0.444. The summed E-state index contributed by atoms with van der Waals surface area (Å²) in [5.74, 6) is 0.632. The van der Waals surface area contributed by atoms with Crippen LogP contribution in [0.4, 0.5) is 11.5 Å². The molecule has 0 spiro atoms. The van der Waals surface area contributed by atoms with Gasteiger partial charge in [-0.1, -0.05) is 0 Å². The summed E-state index contributed by atoms with van der Waals surface area (Å²) in [5.41, 5.74) is 6.95. The Bertz CT molecular complexity index is 459. The van der Waals surface area contributed by atoms with Crippen molar-refractivity contribution in [2.24, 2.45) is 0 Å². The number of pyridine rings is 1. The van der Waals surface area contributed by atoms with Gasteiger partial charge < -0.3 is 11.1 Å². The molecule has 0 aliphatic heterocycles. The van der Waals surface area contributed by atoms with Crippen molar-refractivity contribution in [2.75, 3.05) is 30.4 Å². The third-order valence-electron chi connectivity index (χ3n) is 2.11. The first-order chi connectivity index (χ1) is 7.44. The van der Waals surface area contributed by atoms with Crippen molar-refractivity contribution in [1.82, 2.24) is 9.71 Å². The van der Waals surface area contributed by atoms with Crippen LogP contribution in [0.15, 0.2) is 12.1 Å². The summed E-state index contributed by atoms with van der Waals surface area (Å²) in [5, 5.41) is 2.92. The van der Waals surface area contributed by atoms with E-state index in [-0.39, 0.29) is 5.75 Å². The van der Waals surface area contributed by atoms with E-state index in [1.807, 2.05) is 0 Å². The third-order valence-corrected chi connectivity index (χ3v) is 3.48. The van der Waals surface area contributed by atoms with E-state index in [0.29, 0.717) is 18.1 Å². The van der Waals surface area contributed by atoms with Gasteiger partial charge in [0.25, 0.3) is 0 Å². The van der Waals surface area contributed by atoms with Crippen LogP contribution < -0.4 is 15.8 Å². The minimum Gasteiger partial charge on any atom is -0.397 e. The first-order valence-electron chi connectivity index (χ1n) is 4.83. The molecule has 0 aliphatic rings. The Balaban J connectivity index is 2.53. The van der Waals surface area contributed by atoms with Crippen LogP contribution in [0.5, 0.6) is 0 Å². The number of nitrogen functional groups attached to an aromatic ring is 1. The van der Waals surface area contributed by atoms with Gasteiger partial charge in [0.1, 0.15) is 5.82 Å². The van der Waals surface area contributed by atoms with Crippen molar-refractivity contribution in [3.05, 3.63) is 17.8 Å². The maximum absolute atomic E-state index is 11.1. The van der Waals surface area contributed by atoms with E-state index in [9.17, 15) is 8.42 Å². The number of aromatic nitrogens is 1. The van der Waals surface area contributed by atoms with Crippen molar-refractivity contribution in [3.8, 4) is 0 Å². The summed E-state index contributed by atoms with van der Waals surface area (Å²) in [4.78, 5) is 4.17. The highest BCUT2D eigenvalue weighted by atomic mass is 32.2. The second-order valence-electron chi connectivity index (χ2n) is 3.32. The highest BCUT2D eigenvalue weighted by Gasteiger charge is 2.06. The van der Waals surface area contributed by atoms with E-state index in [1.54, 1.807) is 19.1 Å². The lowest BCUT2D eigenvalue weighted by Gasteiger charge is -2.07. The highest BCUT2D eigenvalue weighted by Crippen LogP contribution is 2.11. The number of rotatable bonds is 5. The number of anilines is 2. The van der Waals surface area contributed by atoms with Crippen LogP contribution in [-0.2, 0) is 10.0 Å². The Hall–Kier alpha value is -1.34. The molecular weight excluding hydrogens is 228 g/mol. The molecule has 0 fully saturated rings. The summed E-state index contributed by atoms with van der Waals surface area (Å²) in [6.07, 6.45) is 0. The Morgan fingerprint density at radius 2 is 2.12 bits per heavy atom. The molecule has 1 heterocycles. The van der Waals surface area contributed by atoms with Gasteiger partial charge in [-0.15, -0.1) is 0 Å². The first-order valence-corrected chi connectivity index (χ1v) is 6.48. The fourth-order valence-corrected chi connectivity index (χ4v) is 1.66. The van der Waals surface area contributed by atoms with Crippen LogP contribution in [0, 0.1) is 6.92 Å². The molecule has 0 aromatic carbocycles. The number of hydrogen-bond acceptors (Lipinski definition) is 5. The van der Waals surface area contributed by atoms with Crippen LogP contribution in [0.2, 0.25) is 0 Å². The molecule has 90 valence electrons. The van der Waals surface area contributed by atoms with E-state index < -0.39 is 10.0 Å². The first kappa shape index (κ1) is 12.7. The summed E-state index contributed by atoms with van der Waals surface area (Å²) in [7, 11) is -1.78. The maximum Gasteiger partial charge on any atom is 0.213 e. The van der Waals surface area contributed by atoms with Crippen LogP contribution in [0.1, 0.15) is 5.69 Å². The average molecular weight is 244 g/mol. The number of aryl methyl sites for hydroxylation is 1. The number of nitrogens with zero attached hydrogens (tertiary/aromatic N) is 1. The van der Waals surface area contributed by atoms with E-state index in [4.69, 9.17) is 5.73 Å². The fourth-order valence-electron chi connectivity index (χ4n) is 1.09. The zero-order chi connectivity index (χ0) is 12.2. The van der Waals surface area contributed by atoms with Crippen molar-refractivity contribution in [1.29, 1.82) is 0 Å². The molecule has 1 aromatic rings. The molecular formula is C9H16N4O2S. The van der Waals surface area contributed by atoms with Crippen LogP contribution in [0.25, 0.3) is 0 Å². The van der Waals surface area contributed by atoms with Gasteiger partial charge in [-0.3, -0.25) is 0 Å². The minimum absolute atomic E-state index is 0.00854. The number of sulfonamides is 1. The molecule has 7 heteroatoms. The normalized spacial score (nSPS) is 11.4. The van der Waals surface area contributed by atoms with Gasteiger partial charge in [-0.05, 0) is 26.1 Å². The molecule has 0 bridgehead atoms. The van der Waals surface area contributed by atoms with Crippen molar-refractivity contribution >= 4 is 21.5 Å². The van der Waals surface area contributed by atoms with Crippen LogP contribution in [-0.4, -0.2) is 32.7 Å². The topological polar surface area (TPSA) is 97.1 Å². The zero-order valence-corrected chi connectivity index (χ0v) is 10.1. The van der Waals surface area contributed by atoms with Crippen molar-refractivity contribution < 1.29 is 8.42 Å². The molecule has 0 unspecified atom stereocenters. The van der Waals surface area contributed by atoms with Gasteiger partial charge in [0.2, 0.25) is 10.0 Å². The van der Waals surface area contributed by atoms with Crippen LogP contribution in [0.3, 0.4) is 0 Å². The van der Waals surface area contributed by atoms with Gasteiger partial charge in [-0.2, -0.15) is 0 Å². The summed E-state index contributed by atoms with van der Waals surface area (Å²) in [6, 6.07) is 3.45. The van der Waals surface area contributed by atoms with Crippen LogP contribution >= 0.6 is 0 Å². The monoisotopic (exact) mass is 244 g/mol. The van der Waals surface area contributed by atoms with Crippen molar-refractivity contribution in [3.63, 3.8) is 0 Å². The predicted molar refractivity (Wildman–Crippen MR) is 64.7 cm³/mol. The SMILES string of the molecule is CNS(=O)(=O)CCNc1ccc(N)c(C)n1. The highest BCUT2D eigenvalue weighted by molar-refractivity contribution is 7.89. The molecule has 0 amide bonds. The maximum atomic E-state index is 11.1. The summed E-state index contributed by atoms with van der Waals surface area (Å²) < 4.78 is 24.5. The van der Waals surface area contributed by atoms with Crippen molar-refractivity contribution in [2.45, 2.75) is 6.92 Å². The molecule has 0 radical (unpaired) electrons. The summed E-state index contributed by atoms with van der Waals surface area (Å²) >= 11 is 0. The summed E-state index contributed by atoms with van der Waals surface area (Å²) in [6.45, 7) is 2.10. The Labute approximate surface area is 95.3 Å². The van der Waals surface area contributed by atoms with Gasteiger partial charge >= 0.3 is 0 Å². The molecule has 0 saturated heterocycles. The lowest BCUT2D eigenvalue weighted by atomic mass is 10.3. The van der Waals surface area contributed by atoms with E-state index in [2.05, 4.69) is 15.0 Å². The second-order valence-corrected chi connectivity index (χ2v) is 5.37. The molecule has 16 heavy (non-hydrogen) atoms. The molecule has 4 N–H and O–H groups in total. The third kappa shape index (κ3) is 3.67. The average Bonchev–Trinajstić information content (AvgIpc) is 2.23. The van der Waals surface area contributed by atoms with Gasteiger partial charge in [0.15, 0.2) is 0 Å². The minimum atomic E-state index is -3.17. The molecule has 0 saturated carbocycles. The molecule has 1 aromatic heterocycles. The van der Waals surface area contributed by atoms with Gasteiger partial charge in [-0.25, -0.2) is 18.1 Å². The molecule has 1 rings (SSSR count). The van der Waals surface area contributed by atoms with Gasteiger partial charge in [0, 0.05) is 6.54 Å². The Morgan fingerprint density at radius 3 is 2.69 bits per heavy atom.